The summed E-state index contributed by atoms with van der Waals surface area (Å²) in [6.07, 6.45) is 1.39. The van der Waals surface area contributed by atoms with Crippen LogP contribution in [0.25, 0.3) is 0 Å². The van der Waals surface area contributed by atoms with Crippen molar-refractivity contribution in [3.8, 4) is 0 Å². The van der Waals surface area contributed by atoms with Crippen molar-refractivity contribution in [1.82, 2.24) is 4.98 Å². The molecule has 1 aromatic heterocycles. The molecule has 2 rings (SSSR count). The quantitative estimate of drug-likeness (QED) is 0.900. The average Bonchev–Trinajstić information content (AvgIpc) is 2.36. The van der Waals surface area contributed by atoms with Crippen LogP contribution in [-0.4, -0.2) is 16.1 Å². The van der Waals surface area contributed by atoms with Crippen LogP contribution in [-0.2, 0) is 0 Å². The zero-order chi connectivity index (χ0) is 14.0. The number of carbonyl (C=O) groups is 1. The molecule has 19 heavy (non-hydrogen) atoms. The molecule has 3 N–H and O–H groups in total. The lowest BCUT2D eigenvalue weighted by atomic mass is 10.2. The van der Waals surface area contributed by atoms with E-state index in [0.29, 0.717) is 20.0 Å². The van der Waals surface area contributed by atoms with E-state index in [1.807, 2.05) is 0 Å². The minimum Gasteiger partial charge on any atom is -0.478 e. The van der Waals surface area contributed by atoms with Gasteiger partial charge in [0.15, 0.2) is 0 Å². The van der Waals surface area contributed by atoms with Gasteiger partial charge in [0.1, 0.15) is 5.03 Å². The summed E-state index contributed by atoms with van der Waals surface area (Å²) in [7, 11) is 0. The van der Waals surface area contributed by atoms with Crippen LogP contribution in [0.3, 0.4) is 0 Å². The number of anilines is 1. The van der Waals surface area contributed by atoms with Gasteiger partial charge in [0.25, 0.3) is 0 Å². The number of aromatic carboxylic acids is 1. The Hall–Kier alpha value is -1.43. The molecule has 1 aromatic carbocycles. The van der Waals surface area contributed by atoms with Crippen LogP contribution in [0.4, 0.5) is 5.69 Å². The number of aromatic nitrogens is 1. The maximum atomic E-state index is 11.0. The van der Waals surface area contributed by atoms with Gasteiger partial charge < -0.3 is 10.8 Å². The van der Waals surface area contributed by atoms with E-state index in [1.54, 1.807) is 18.2 Å². The Morgan fingerprint density at radius 2 is 2.05 bits per heavy atom. The molecular formula is C12H8Cl2N2O2S. The third-order valence-electron chi connectivity index (χ3n) is 2.28. The van der Waals surface area contributed by atoms with Gasteiger partial charge in [-0.15, -0.1) is 0 Å². The number of nitrogen functional groups attached to an aromatic ring is 1. The summed E-state index contributed by atoms with van der Waals surface area (Å²) in [4.78, 5) is 15.7. The highest BCUT2D eigenvalue weighted by molar-refractivity contribution is 7.99. The van der Waals surface area contributed by atoms with E-state index in [4.69, 9.17) is 34.0 Å². The first-order valence-electron chi connectivity index (χ1n) is 5.09. The molecule has 1 heterocycles. The molecule has 0 saturated carbocycles. The minimum absolute atomic E-state index is 0.00986. The Balaban J connectivity index is 2.41. The van der Waals surface area contributed by atoms with Crippen molar-refractivity contribution in [2.24, 2.45) is 0 Å². The average molecular weight is 315 g/mol. The number of benzene rings is 1. The molecule has 2 aromatic rings. The third kappa shape index (κ3) is 3.12. The van der Waals surface area contributed by atoms with Crippen molar-refractivity contribution in [1.29, 1.82) is 0 Å². The lowest BCUT2D eigenvalue weighted by molar-refractivity contribution is 0.0697. The smallest absolute Gasteiger partial charge is 0.337 e. The van der Waals surface area contributed by atoms with Crippen molar-refractivity contribution < 1.29 is 9.90 Å². The number of nitrogens with two attached hydrogens (primary N) is 1. The van der Waals surface area contributed by atoms with Crippen molar-refractivity contribution >= 4 is 46.6 Å². The van der Waals surface area contributed by atoms with E-state index >= 15 is 0 Å². The standard InChI is InChI=1S/C12H8Cl2N2O2S/c13-6-1-2-8(14)9(5-6)19-11-10(15)7(12(17)18)3-4-16-11/h1-5H,15H2,(H,17,18). The Labute approximate surface area is 123 Å². The van der Waals surface area contributed by atoms with Gasteiger partial charge in [-0.05, 0) is 24.3 Å². The summed E-state index contributed by atoms with van der Waals surface area (Å²) in [6.45, 7) is 0. The Morgan fingerprint density at radius 1 is 1.32 bits per heavy atom. The maximum absolute atomic E-state index is 11.0. The summed E-state index contributed by atoms with van der Waals surface area (Å²) in [6, 6.07) is 6.34. The zero-order valence-electron chi connectivity index (χ0n) is 9.43. The van der Waals surface area contributed by atoms with Crippen molar-refractivity contribution in [2.45, 2.75) is 9.92 Å². The zero-order valence-corrected chi connectivity index (χ0v) is 11.8. The largest absolute Gasteiger partial charge is 0.478 e. The van der Waals surface area contributed by atoms with Crippen LogP contribution in [0.5, 0.6) is 0 Å². The highest BCUT2D eigenvalue weighted by atomic mass is 35.5. The first kappa shape index (κ1) is 14.0. The van der Waals surface area contributed by atoms with Crippen LogP contribution in [0, 0.1) is 0 Å². The van der Waals surface area contributed by atoms with Crippen LogP contribution in [0.1, 0.15) is 10.4 Å². The second kappa shape index (κ2) is 5.69. The summed E-state index contributed by atoms with van der Waals surface area (Å²) < 4.78 is 0. The topological polar surface area (TPSA) is 76.2 Å². The number of pyridine rings is 1. The molecule has 0 radical (unpaired) electrons. The van der Waals surface area contributed by atoms with Gasteiger partial charge in [-0.2, -0.15) is 0 Å². The molecule has 7 heteroatoms. The van der Waals surface area contributed by atoms with Gasteiger partial charge in [-0.1, -0.05) is 35.0 Å². The second-order valence-electron chi connectivity index (χ2n) is 3.56. The fraction of sp³-hybridized carbons (Fsp3) is 0. The summed E-state index contributed by atoms with van der Waals surface area (Å²) in [5.74, 6) is -1.10. The third-order valence-corrected chi connectivity index (χ3v) is 4.04. The summed E-state index contributed by atoms with van der Waals surface area (Å²) >= 11 is 13.1. The number of nitrogens with zero attached hydrogens (tertiary/aromatic N) is 1. The predicted molar refractivity (Wildman–Crippen MR) is 76.2 cm³/mol. The monoisotopic (exact) mass is 314 g/mol. The lowest BCUT2D eigenvalue weighted by Crippen LogP contribution is -2.04. The fourth-order valence-electron chi connectivity index (χ4n) is 1.38. The van der Waals surface area contributed by atoms with Gasteiger partial charge >= 0.3 is 5.97 Å². The summed E-state index contributed by atoms with van der Waals surface area (Å²) in [5.41, 5.74) is 5.90. The van der Waals surface area contributed by atoms with Crippen molar-refractivity contribution in [3.05, 3.63) is 46.1 Å². The van der Waals surface area contributed by atoms with E-state index in [-0.39, 0.29) is 11.3 Å². The van der Waals surface area contributed by atoms with Crippen molar-refractivity contribution in [3.63, 3.8) is 0 Å². The lowest BCUT2D eigenvalue weighted by Gasteiger charge is -2.08. The van der Waals surface area contributed by atoms with E-state index in [1.165, 1.54) is 24.0 Å². The first-order chi connectivity index (χ1) is 8.99. The summed E-state index contributed by atoms with van der Waals surface area (Å²) in [5, 5.41) is 10.4. The van der Waals surface area contributed by atoms with Crippen molar-refractivity contribution in [2.75, 3.05) is 5.73 Å². The van der Waals surface area contributed by atoms with Gasteiger partial charge in [-0.25, -0.2) is 9.78 Å². The molecule has 0 amide bonds. The molecular weight excluding hydrogens is 307 g/mol. The molecule has 98 valence electrons. The molecule has 0 aliphatic heterocycles. The molecule has 4 nitrogen and oxygen atoms in total. The van der Waals surface area contributed by atoms with E-state index in [2.05, 4.69) is 4.98 Å². The van der Waals surface area contributed by atoms with Crippen LogP contribution >= 0.6 is 35.0 Å². The second-order valence-corrected chi connectivity index (χ2v) is 5.43. The number of carboxylic acids is 1. The normalized spacial score (nSPS) is 10.4. The predicted octanol–water partition coefficient (Wildman–Crippen LogP) is 3.82. The number of rotatable bonds is 3. The Morgan fingerprint density at radius 3 is 2.74 bits per heavy atom. The molecule has 0 atom stereocenters. The Kier molecular flexibility index (Phi) is 4.19. The SMILES string of the molecule is Nc1c(C(=O)O)ccnc1Sc1cc(Cl)ccc1Cl. The van der Waals surface area contributed by atoms with E-state index in [0.717, 1.165) is 0 Å². The van der Waals surface area contributed by atoms with Crippen LogP contribution in [0.2, 0.25) is 10.0 Å². The van der Waals surface area contributed by atoms with Gasteiger partial charge in [0, 0.05) is 16.1 Å². The Bertz CT molecular complexity index is 650. The minimum atomic E-state index is -1.10. The maximum Gasteiger partial charge on any atom is 0.337 e. The van der Waals surface area contributed by atoms with E-state index < -0.39 is 5.97 Å². The van der Waals surface area contributed by atoms with Crippen LogP contribution < -0.4 is 5.73 Å². The molecule has 0 spiro atoms. The highest BCUT2D eigenvalue weighted by Gasteiger charge is 2.14. The number of hydrogen-bond donors (Lipinski definition) is 2. The first-order valence-corrected chi connectivity index (χ1v) is 6.67. The van der Waals surface area contributed by atoms with Gasteiger partial charge in [0.2, 0.25) is 0 Å². The molecule has 0 bridgehead atoms. The molecule has 0 fully saturated rings. The van der Waals surface area contributed by atoms with Crippen LogP contribution in [0.15, 0.2) is 40.4 Å². The highest BCUT2D eigenvalue weighted by Crippen LogP contribution is 2.37. The number of hydrogen-bond acceptors (Lipinski definition) is 4. The van der Waals surface area contributed by atoms with Gasteiger partial charge in [-0.3, -0.25) is 0 Å². The molecule has 0 aliphatic rings. The molecule has 0 unspecified atom stereocenters. The molecule has 0 aliphatic carbocycles. The number of carboxylic acid groups (broad SMARTS) is 1. The number of halogens is 2. The molecule has 0 saturated heterocycles. The fourth-order valence-corrected chi connectivity index (χ4v) is 2.74. The van der Waals surface area contributed by atoms with Gasteiger partial charge in [0.05, 0.1) is 16.3 Å². The van der Waals surface area contributed by atoms with E-state index in [9.17, 15) is 4.79 Å².